The van der Waals surface area contributed by atoms with Crippen LogP contribution in [0.5, 0.6) is 0 Å². The summed E-state index contributed by atoms with van der Waals surface area (Å²) in [4.78, 5) is 12.2. The highest BCUT2D eigenvalue weighted by atomic mass is 32.2. The number of rotatable bonds is 6. The van der Waals surface area contributed by atoms with Crippen LogP contribution in [0.3, 0.4) is 0 Å². The number of anilines is 1. The van der Waals surface area contributed by atoms with Crippen LogP contribution in [0.25, 0.3) is 0 Å². The molecule has 6 nitrogen and oxygen atoms in total. The fourth-order valence-corrected chi connectivity index (χ4v) is 3.15. The minimum Gasteiger partial charge on any atom is -0.350 e. The Morgan fingerprint density at radius 3 is 2.36 bits per heavy atom. The molecular weight excluding hydrogens is 338 g/mol. The Hall–Kier alpha value is -2.85. The largest absolute Gasteiger partial charge is 0.350 e. The smallest absolute Gasteiger partial charge is 0.241 e. The van der Waals surface area contributed by atoms with Gasteiger partial charge in [-0.1, -0.05) is 24.3 Å². The van der Waals surface area contributed by atoms with Gasteiger partial charge in [-0.25, -0.2) is 8.42 Å². The third-order valence-corrected chi connectivity index (χ3v) is 4.85. The molecule has 2 aromatic rings. The number of hydrogen-bond donors (Lipinski definition) is 1. The van der Waals surface area contributed by atoms with E-state index < -0.39 is 15.9 Å². The quantitative estimate of drug-likeness (QED) is 0.855. The van der Waals surface area contributed by atoms with E-state index in [-0.39, 0.29) is 6.54 Å². The van der Waals surface area contributed by atoms with E-state index >= 15 is 0 Å². The van der Waals surface area contributed by atoms with E-state index in [2.05, 4.69) is 5.32 Å². The number of carbonyl (C=O) groups is 1. The van der Waals surface area contributed by atoms with Crippen molar-refractivity contribution in [1.29, 1.82) is 5.26 Å². The highest BCUT2D eigenvalue weighted by Crippen LogP contribution is 2.18. The van der Waals surface area contributed by atoms with Gasteiger partial charge in [0, 0.05) is 6.54 Å². The van der Waals surface area contributed by atoms with Crippen LogP contribution in [0.4, 0.5) is 5.69 Å². The Labute approximate surface area is 147 Å². The van der Waals surface area contributed by atoms with Crippen molar-refractivity contribution >= 4 is 21.6 Å². The molecule has 2 rings (SSSR count). The highest BCUT2D eigenvalue weighted by molar-refractivity contribution is 7.92. The van der Waals surface area contributed by atoms with Gasteiger partial charge < -0.3 is 5.32 Å². The molecule has 0 saturated carbocycles. The average molecular weight is 357 g/mol. The lowest BCUT2D eigenvalue weighted by Crippen LogP contribution is -2.40. The van der Waals surface area contributed by atoms with E-state index in [4.69, 9.17) is 5.26 Å². The van der Waals surface area contributed by atoms with E-state index in [0.29, 0.717) is 17.8 Å². The lowest BCUT2D eigenvalue weighted by molar-refractivity contribution is -0.119. The van der Waals surface area contributed by atoms with E-state index in [1.807, 2.05) is 37.3 Å². The van der Waals surface area contributed by atoms with Gasteiger partial charge >= 0.3 is 0 Å². The van der Waals surface area contributed by atoms with Crippen LogP contribution in [-0.4, -0.2) is 27.1 Å². The molecule has 0 saturated heterocycles. The average Bonchev–Trinajstić information content (AvgIpc) is 2.58. The summed E-state index contributed by atoms with van der Waals surface area (Å²) < 4.78 is 25.1. The van der Waals surface area contributed by atoms with E-state index in [1.165, 1.54) is 24.3 Å². The fraction of sp³-hybridized carbons (Fsp3) is 0.222. The summed E-state index contributed by atoms with van der Waals surface area (Å²) in [5.74, 6) is -0.405. The molecule has 0 aliphatic rings. The fourth-order valence-electron chi connectivity index (χ4n) is 2.29. The summed E-state index contributed by atoms with van der Waals surface area (Å²) in [6.45, 7) is 1.95. The zero-order valence-corrected chi connectivity index (χ0v) is 14.9. The molecule has 0 unspecified atom stereocenters. The summed E-state index contributed by atoms with van der Waals surface area (Å²) in [5.41, 5.74) is 2.78. The third-order valence-electron chi connectivity index (χ3n) is 3.71. The molecule has 7 heteroatoms. The van der Waals surface area contributed by atoms with Gasteiger partial charge in [-0.15, -0.1) is 0 Å². The second-order valence-electron chi connectivity index (χ2n) is 5.63. The summed E-state index contributed by atoms with van der Waals surface area (Å²) in [5, 5.41) is 11.6. The molecule has 0 aromatic heterocycles. The van der Waals surface area contributed by atoms with Gasteiger partial charge in [0.15, 0.2) is 0 Å². The Kier molecular flexibility index (Phi) is 5.78. The minimum atomic E-state index is -3.63. The molecule has 0 aliphatic carbocycles. The van der Waals surface area contributed by atoms with Crippen LogP contribution in [0.15, 0.2) is 48.5 Å². The monoisotopic (exact) mass is 357 g/mol. The number of hydrogen-bond acceptors (Lipinski definition) is 4. The Morgan fingerprint density at radius 2 is 1.80 bits per heavy atom. The van der Waals surface area contributed by atoms with Gasteiger partial charge in [0.05, 0.1) is 23.6 Å². The molecule has 1 amide bonds. The molecule has 0 heterocycles. The number of nitrogens with zero attached hydrogens (tertiary/aromatic N) is 2. The molecule has 2 aromatic carbocycles. The molecule has 0 fully saturated rings. The third kappa shape index (κ3) is 5.06. The predicted octanol–water partition coefficient (Wildman–Crippen LogP) is 1.95. The van der Waals surface area contributed by atoms with Crippen LogP contribution in [0.1, 0.15) is 16.7 Å². The number of nitriles is 1. The van der Waals surface area contributed by atoms with Crippen molar-refractivity contribution in [3.05, 3.63) is 65.2 Å². The first kappa shape index (κ1) is 18.5. The topological polar surface area (TPSA) is 90.3 Å². The number of aryl methyl sites for hydroxylation is 1. The van der Waals surface area contributed by atoms with Gasteiger partial charge in [-0.3, -0.25) is 9.10 Å². The molecule has 0 atom stereocenters. The van der Waals surface area contributed by atoms with E-state index in [1.54, 1.807) is 0 Å². The van der Waals surface area contributed by atoms with Crippen LogP contribution >= 0.6 is 0 Å². The molecule has 1 N–H and O–H groups in total. The zero-order chi connectivity index (χ0) is 18.4. The van der Waals surface area contributed by atoms with Crippen molar-refractivity contribution < 1.29 is 13.2 Å². The maximum absolute atomic E-state index is 12.2. The van der Waals surface area contributed by atoms with Crippen LogP contribution in [0.2, 0.25) is 0 Å². The van der Waals surface area contributed by atoms with Crippen molar-refractivity contribution in [3.8, 4) is 6.07 Å². The van der Waals surface area contributed by atoms with E-state index in [0.717, 1.165) is 21.7 Å². The Morgan fingerprint density at radius 1 is 1.16 bits per heavy atom. The Balaban J connectivity index is 2.10. The van der Waals surface area contributed by atoms with Gasteiger partial charge in [-0.2, -0.15) is 5.26 Å². The van der Waals surface area contributed by atoms with Crippen molar-refractivity contribution in [1.82, 2.24) is 5.32 Å². The number of nitrogens with one attached hydrogen (secondary N) is 1. The molecular formula is C18H19N3O3S. The lowest BCUT2D eigenvalue weighted by Gasteiger charge is -2.22. The molecule has 130 valence electrons. The minimum absolute atomic E-state index is 0.323. The highest BCUT2D eigenvalue weighted by Gasteiger charge is 2.20. The molecule has 0 bridgehead atoms. The molecule has 0 aliphatic heterocycles. The molecule has 0 radical (unpaired) electrons. The second-order valence-corrected chi connectivity index (χ2v) is 7.54. The molecule has 0 spiro atoms. The van der Waals surface area contributed by atoms with Crippen LogP contribution < -0.4 is 9.62 Å². The van der Waals surface area contributed by atoms with E-state index in [9.17, 15) is 13.2 Å². The first-order valence-corrected chi connectivity index (χ1v) is 9.45. The number of sulfonamides is 1. The van der Waals surface area contributed by atoms with Crippen molar-refractivity contribution in [3.63, 3.8) is 0 Å². The standard InChI is InChI=1S/C18H19N3O3S/c1-14-5-3-4-6-16(14)12-20-18(22)13-21(25(2,23)24)17-9-7-15(11-19)8-10-17/h3-10H,12-13H2,1-2H3,(H,20,22). The van der Waals surface area contributed by atoms with Crippen LogP contribution in [-0.2, 0) is 21.4 Å². The second kappa shape index (κ2) is 7.81. The first-order valence-electron chi connectivity index (χ1n) is 7.60. The van der Waals surface area contributed by atoms with Gasteiger partial charge in [0.2, 0.25) is 15.9 Å². The normalized spacial score (nSPS) is 10.8. The van der Waals surface area contributed by atoms with Gasteiger partial charge in [-0.05, 0) is 42.3 Å². The lowest BCUT2D eigenvalue weighted by atomic mass is 10.1. The van der Waals surface area contributed by atoms with Gasteiger partial charge in [0.25, 0.3) is 0 Å². The number of amides is 1. The number of benzene rings is 2. The van der Waals surface area contributed by atoms with Gasteiger partial charge in [0.1, 0.15) is 6.54 Å². The van der Waals surface area contributed by atoms with Crippen LogP contribution in [0, 0.1) is 18.3 Å². The maximum atomic E-state index is 12.2. The maximum Gasteiger partial charge on any atom is 0.241 e. The SMILES string of the molecule is Cc1ccccc1CNC(=O)CN(c1ccc(C#N)cc1)S(C)(=O)=O. The summed E-state index contributed by atoms with van der Waals surface area (Å²) >= 11 is 0. The summed E-state index contributed by atoms with van der Waals surface area (Å²) in [6, 6.07) is 15.7. The van der Waals surface area contributed by atoms with Crippen molar-refractivity contribution in [2.24, 2.45) is 0 Å². The summed E-state index contributed by atoms with van der Waals surface area (Å²) in [7, 11) is -3.63. The predicted molar refractivity (Wildman–Crippen MR) is 96.4 cm³/mol. The first-order chi connectivity index (χ1) is 11.8. The van der Waals surface area contributed by atoms with Crippen molar-refractivity contribution in [2.75, 3.05) is 17.1 Å². The van der Waals surface area contributed by atoms with Crippen molar-refractivity contribution in [2.45, 2.75) is 13.5 Å². The zero-order valence-electron chi connectivity index (χ0n) is 14.1. The Bertz CT molecular complexity index is 900. The molecule has 25 heavy (non-hydrogen) atoms. The number of carbonyl (C=O) groups excluding carboxylic acids is 1. The summed E-state index contributed by atoms with van der Waals surface area (Å²) in [6.07, 6.45) is 1.04.